The molecule has 0 saturated heterocycles. The van der Waals surface area contributed by atoms with E-state index in [2.05, 4.69) is 6.58 Å². The molecule has 88 valence electrons. The van der Waals surface area contributed by atoms with Crippen molar-refractivity contribution in [3.05, 3.63) is 42.0 Å². The summed E-state index contributed by atoms with van der Waals surface area (Å²) in [6.07, 6.45) is 1.91. The normalized spacial score (nSPS) is 12.2. The predicted octanol–water partition coefficient (Wildman–Crippen LogP) is 3.44. The van der Waals surface area contributed by atoms with Crippen molar-refractivity contribution in [1.29, 1.82) is 0 Å². The Morgan fingerprint density at radius 2 is 2.25 bits per heavy atom. The number of allylic oxidation sites excluding steroid dienone is 1. The van der Waals surface area contributed by atoms with Crippen LogP contribution in [0.15, 0.2) is 36.4 Å². The van der Waals surface area contributed by atoms with Crippen LogP contribution in [0.3, 0.4) is 0 Å². The van der Waals surface area contributed by atoms with Crippen LogP contribution < -0.4 is 10.5 Å². The molecule has 2 heteroatoms. The molecule has 0 fully saturated rings. The third-order valence-corrected chi connectivity index (χ3v) is 2.48. The van der Waals surface area contributed by atoms with E-state index in [9.17, 15) is 0 Å². The molecule has 1 aromatic rings. The van der Waals surface area contributed by atoms with E-state index < -0.39 is 0 Å². The number of benzene rings is 1. The maximum atomic E-state index is 6.11. The molecule has 0 saturated carbocycles. The largest absolute Gasteiger partial charge is 0.494 e. The van der Waals surface area contributed by atoms with Gasteiger partial charge in [0.15, 0.2) is 0 Å². The van der Waals surface area contributed by atoms with E-state index in [0.29, 0.717) is 6.61 Å². The van der Waals surface area contributed by atoms with Gasteiger partial charge >= 0.3 is 0 Å². The Balaban J connectivity index is 2.63. The summed E-state index contributed by atoms with van der Waals surface area (Å²) >= 11 is 0. The van der Waals surface area contributed by atoms with Crippen LogP contribution in [-0.4, -0.2) is 6.61 Å². The van der Waals surface area contributed by atoms with Crippen molar-refractivity contribution in [2.75, 3.05) is 6.61 Å². The number of rotatable bonds is 6. The molecule has 1 unspecified atom stereocenters. The summed E-state index contributed by atoms with van der Waals surface area (Å²) < 4.78 is 5.45. The van der Waals surface area contributed by atoms with Gasteiger partial charge in [0.1, 0.15) is 5.75 Å². The predicted molar refractivity (Wildman–Crippen MR) is 68.6 cm³/mol. The van der Waals surface area contributed by atoms with Crippen molar-refractivity contribution in [2.24, 2.45) is 5.73 Å². The summed E-state index contributed by atoms with van der Waals surface area (Å²) in [5, 5.41) is 0. The summed E-state index contributed by atoms with van der Waals surface area (Å²) in [4.78, 5) is 0. The van der Waals surface area contributed by atoms with Crippen molar-refractivity contribution in [2.45, 2.75) is 32.7 Å². The summed E-state index contributed by atoms with van der Waals surface area (Å²) in [7, 11) is 0. The first kappa shape index (κ1) is 12.8. The lowest BCUT2D eigenvalue weighted by Gasteiger charge is -2.13. The zero-order chi connectivity index (χ0) is 12.0. The topological polar surface area (TPSA) is 35.2 Å². The first-order valence-electron chi connectivity index (χ1n) is 5.76. The minimum absolute atomic E-state index is 0.0668. The van der Waals surface area contributed by atoms with Gasteiger partial charge in [-0.3, -0.25) is 0 Å². The van der Waals surface area contributed by atoms with Crippen molar-refractivity contribution < 1.29 is 4.74 Å². The lowest BCUT2D eigenvalue weighted by atomic mass is 10.0. The standard InChI is InChI=1S/C14H21NO/c1-4-16-13-7-5-6-12(10-13)14(15)9-8-11(2)3/h5-7,10,14H,2,4,8-9,15H2,1,3H3. The molecule has 1 atom stereocenters. The molecule has 0 spiro atoms. The van der Waals surface area contributed by atoms with Gasteiger partial charge in [-0.15, -0.1) is 6.58 Å². The lowest BCUT2D eigenvalue weighted by Crippen LogP contribution is -2.10. The van der Waals surface area contributed by atoms with Gasteiger partial charge in [-0.1, -0.05) is 17.7 Å². The third-order valence-electron chi connectivity index (χ3n) is 2.48. The van der Waals surface area contributed by atoms with E-state index >= 15 is 0 Å². The van der Waals surface area contributed by atoms with Gasteiger partial charge in [-0.25, -0.2) is 0 Å². The first-order chi connectivity index (χ1) is 7.63. The molecular weight excluding hydrogens is 198 g/mol. The van der Waals surface area contributed by atoms with Gasteiger partial charge in [0.2, 0.25) is 0 Å². The lowest BCUT2D eigenvalue weighted by molar-refractivity contribution is 0.339. The Morgan fingerprint density at radius 3 is 2.88 bits per heavy atom. The minimum atomic E-state index is 0.0668. The van der Waals surface area contributed by atoms with E-state index in [4.69, 9.17) is 10.5 Å². The van der Waals surface area contributed by atoms with E-state index in [1.165, 1.54) is 5.57 Å². The minimum Gasteiger partial charge on any atom is -0.494 e. The summed E-state index contributed by atoms with van der Waals surface area (Å²) in [6.45, 7) is 8.58. The molecule has 0 aliphatic heterocycles. The van der Waals surface area contributed by atoms with Crippen LogP contribution in [0.1, 0.15) is 38.3 Å². The van der Waals surface area contributed by atoms with Crippen LogP contribution in [0.2, 0.25) is 0 Å². The number of hydrogen-bond donors (Lipinski definition) is 1. The van der Waals surface area contributed by atoms with Gasteiger partial charge in [0, 0.05) is 6.04 Å². The Hall–Kier alpha value is -1.28. The van der Waals surface area contributed by atoms with E-state index in [0.717, 1.165) is 24.2 Å². The fourth-order valence-corrected chi connectivity index (χ4v) is 1.57. The molecule has 2 N–H and O–H groups in total. The maximum Gasteiger partial charge on any atom is 0.119 e. The van der Waals surface area contributed by atoms with E-state index in [1.807, 2.05) is 38.1 Å². The highest BCUT2D eigenvalue weighted by molar-refractivity contribution is 5.30. The molecule has 0 amide bonds. The van der Waals surface area contributed by atoms with Crippen molar-refractivity contribution in [3.63, 3.8) is 0 Å². The monoisotopic (exact) mass is 219 g/mol. The second-order valence-corrected chi connectivity index (χ2v) is 4.11. The Kier molecular flexibility index (Phi) is 5.06. The molecule has 2 nitrogen and oxygen atoms in total. The third kappa shape index (κ3) is 4.07. The maximum absolute atomic E-state index is 6.11. The molecule has 1 aromatic carbocycles. The number of ether oxygens (including phenoxy) is 1. The summed E-state index contributed by atoms with van der Waals surface area (Å²) in [5.74, 6) is 0.894. The zero-order valence-corrected chi connectivity index (χ0v) is 10.2. The first-order valence-corrected chi connectivity index (χ1v) is 5.76. The number of hydrogen-bond acceptors (Lipinski definition) is 2. The highest BCUT2D eigenvalue weighted by Gasteiger charge is 2.06. The van der Waals surface area contributed by atoms with Crippen LogP contribution >= 0.6 is 0 Å². The van der Waals surface area contributed by atoms with Gasteiger partial charge < -0.3 is 10.5 Å². The molecule has 0 aromatic heterocycles. The average Bonchev–Trinajstić information content (AvgIpc) is 2.26. The van der Waals surface area contributed by atoms with Gasteiger partial charge in [-0.2, -0.15) is 0 Å². The van der Waals surface area contributed by atoms with Crippen molar-refractivity contribution in [3.8, 4) is 5.75 Å². The van der Waals surface area contributed by atoms with Crippen LogP contribution in [0.25, 0.3) is 0 Å². The second kappa shape index (κ2) is 6.33. The zero-order valence-electron chi connectivity index (χ0n) is 10.2. The molecular formula is C14H21NO. The second-order valence-electron chi connectivity index (χ2n) is 4.11. The van der Waals surface area contributed by atoms with Crippen molar-refractivity contribution >= 4 is 0 Å². The summed E-state index contributed by atoms with van der Waals surface area (Å²) in [5.41, 5.74) is 8.42. The van der Waals surface area contributed by atoms with E-state index in [-0.39, 0.29) is 6.04 Å². The highest BCUT2D eigenvalue weighted by Crippen LogP contribution is 2.22. The smallest absolute Gasteiger partial charge is 0.119 e. The summed E-state index contributed by atoms with van der Waals surface area (Å²) in [6, 6.07) is 8.08. The van der Waals surface area contributed by atoms with Crippen LogP contribution in [0, 0.1) is 0 Å². The Morgan fingerprint density at radius 1 is 1.50 bits per heavy atom. The molecule has 0 aliphatic rings. The molecule has 0 radical (unpaired) electrons. The highest BCUT2D eigenvalue weighted by atomic mass is 16.5. The molecule has 1 rings (SSSR count). The average molecular weight is 219 g/mol. The van der Waals surface area contributed by atoms with Crippen LogP contribution in [-0.2, 0) is 0 Å². The molecule has 0 bridgehead atoms. The Bertz CT molecular complexity index is 346. The fraction of sp³-hybridized carbons (Fsp3) is 0.429. The SMILES string of the molecule is C=C(C)CCC(N)c1cccc(OCC)c1. The van der Waals surface area contributed by atoms with Crippen molar-refractivity contribution in [1.82, 2.24) is 0 Å². The molecule has 0 aliphatic carbocycles. The van der Waals surface area contributed by atoms with Gasteiger partial charge in [0.05, 0.1) is 6.61 Å². The van der Waals surface area contributed by atoms with E-state index in [1.54, 1.807) is 0 Å². The quantitative estimate of drug-likeness (QED) is 0.744. The van der Waals surface area contributed by atoms with Gasteiger partial charge in [0.25, 0.3) is 0 Å². The fourth-order valence-electron chi connectivity index (χ4n) is 1.57. The Labute approximate surface area is 98.1 Å². The molecule has 0 heterocycles. The van der Waals surface area contributed by atoms with Crippen LogP contribution in [0.4, 0.5) is 0 Å². The number of nitrogens with two attached hydrogens (primary N) is 1. The van der Waals surface area contributed by atoms with Gasteiger partial charge in [-0.05, 0) is 44.4 Å². The molecule has 16 heavy (non-hydrogen) atoms. The van der Waals surface area contributed by atoms with Crippen LogP contribution in [0.5, 0.6) is 5.75 Å².